The Labute approximate surface area is 103 Å². The highest BCUT2D eigenvalue weighted by molar-refractivity contribution is 6.16. The number of amides is 1. The Hall–Kier alpha value is -2.27. The molecule has 18 heavy (non-hydrogen) atoms. The molecule has 0 spiro atoms. The van der Waals surface area contributed by atoms with E-state index in [1.807, 2.05) is 0 Å². The zero-order valence-corrected chi connectivity index (χ0v) is 9.67. The molecular formula is C13H11FN2O2. The quantitative estimate of drug-likeness (QED) is 0.714. The standard InChI is InChI=1S/C13H11FN2O2/c1-9(17)15-12-6-5-10(14)8-11(12)13-4-2-3-7-16(13)18/h2-8,18H,1H3/b13-11-,15-12?. The Morgan fingerprint density at radius 1 is 1.33 bits per heavy atom. The van der Waals surface area contributed by atoms with Crippen LogP contribution in [0.25, 0.3) is 0 Å². The highest BCUT2D eigenvalue weighted by atomic mass is 19.1. The Morgan fingerprint density at radius 3 is 2.78 bits per heavy atom. The molecule has 0 saturated carbocycles. The van der Waals surface area contributed by atoms with E-state index < -0.39 is 5.83 Å². The van der Waals surface area contributed by atoms with Gasteiger partial charge in [-0.05, 0) is 30.4 Å². The summed E-state index contributed by atoms with van der Waals surface area (Å²) in [6.45, 7) is 1.31. The van der Waals surface area contributed by atoms with Gasteiger partial charge in [0.05, 0.1) is 11.4 Å². The fraction of sp³-hybridized carbons (Fsp3) is 0.0769. The summed E-state index contributed by atoms with van der Waals surface area (Å²) in [5, 5.41) is 10.5. The normalized spacial score (nSPS) is 24.7. The molecule has 1 aliphatic carbocycles. The smallest absolute Gasteiger partial charge is 0.243 e. The van der Waals surface area contributed by atoms with Gasteiger partial charge in [-0.15, -0.1) is 0 Å². The molecule has 0 aromatic carbocycles. The second-order valence-corrected chi connectivity index (χ2v) is 3.72. The number of hydroxylamine groups is 2. The number of aliphatic imine (C=N–C) groups is 1. The Balaban J connectivity index is 2.54. The number of hydrogen-bond acceptors (Lipinski definition) is 3. The monoisotopic (exact) mass is 246 g/mol. The highest BCUT2D eigenvalue weighted by Crippen LogP contribution is 2.23. The summed E-state index contributed by atoms with van der Waals surface area (Å²) in [6.07, 6.45) is 10.2. The zero-order valence-electron chi connectivity index (χ0n) is 9.67. The van der Waals surface area contributed by atoms with Gasteiger partial charge in [0.25, 0.3) is 0 Å². The van der Waals surface area contributed by atoms with Crippen LogP contribution in [-0.2, 0) is 4.79 Å². The summed E-state index contributed by atoms with van der Waals surface area (Å²) in [5.41, 5.74) is 1.03. The number of rotatable bonds is 0. The van der Waals surface area contributed by atoms with E-state index in [0.717, 1.165) is 5.06 Å². The lowest BCUT2D eigenvalue weighted by atomic mass is 10.0. The summed E-state index contributed by atoms with van der Waals surface area (Å²) in [5.74, 6) is -0.848. The van der Waals surface area contributed by atoms with Gasteiger partial charge in [0.2, 0.25) is 5.91 Å². The molecule has 1 heterocycles. The molecule has 2 rings (SSSR count). The van der Waals surface area contributed by atoms with Crippen molar-refractivity contribution in [1.82, 2.24) is 5.06 Å². The lowest BCUT2D eigenvalue weighted by molar-refractivity contribution is -0.115. The molecule has 1 amide bonds. The van der Waals surface area contributed by atoms with Crippen molar-refractivity contribution in [3.05, 3.63) is 59.8 Å². The molecule has 5 heteroatoms. The molecular weight excluding hydrogens is 235 g/mol. The number of halogens is 1. The molecule has 92 valence electrons. The van der Waals surface area contributed by atoms with Gasteiger partial charge in [-0.25, -0.2) is 14.4 Å². The van der Waals surface area contributed by atoms with Crippen LogP contribution < -0.4 is 0 Å². The molecule has 2 aliphatic rings. The Bertz CT molecular complexity index is 566. The minimum Gasteiger partial charge on any atom is -0.284 e. The zero-order chi connectivity index (χ0) is 13.1. The molecule has 0 aromatic heterocycles. The summed E-state index contributed by atoms with van der Waals surface area (Å²) in [7, 11) is 0. The van der Waals surface area contributed by atoms with Crippen molar-refractivity contribution >= 4 is 11.6 Å². The van der Waals surface area contributed by atoms with Gasteiger partial charge in [-0.2, -0.15) is 0 Å². The van der Waals surface area contributed by atoms with Crippen LogP contribution in [0.1, 0.15) is 6.92 Å². The largest absolute Gasteiger partial charge is 0.284 e. The van der Waals surface area contributed by atoms with E-state index in [4.69, 9.17) is 0 Å². The van der Waals surface area contributed by atoms with Gasteiger partial charge in [0.1, 0.15) is 5.83 Å². The summed E-state index contributed by atoms with van der Waals surface area (Å²) in [4.78, 5) is 14.8. The molecule has 1 N–H and O–H groups in total. The first-order chi connectivity index (χ1) is 8.58. The summed E-state index contributed by atoms with van der Waals surface area (Å²) in [6, 6.07) is 0. The second-order valence-electron chi connectivity index (χ2n) is 3.72. The molecule has 0 radical (unpaired) electrons. The number of carbonyl (C=O) groups is 1. The fourth-order valence-corrected chi connectivity index (χ4v) is 1.63. The van der Waals surface area contributed by atoms with Crippen LogP contribution in [0.3, 0.4) is 0 Å². The van der Waals surface area contributed by atoms with Gasteiger partial charge >= 0.3 is 0 Å². The van der Waals surface area contributed by atoms with Crippen molar-refractivity contribution in [3.63, 3.8) is 0 Å². The molecule has 0 atom stereocenters. The van der Waals surface area contributed by atoms with E-state index in [1.165, 1.54) is 31.4 Å². The maximum absolute atomic E-state index is 13.3. The Morgan fingerprint density at radius 2 is 2.11 bits per heavy atom. The summed E-state index contributed by atoms with van der Waals surface area (Å²) >= 11 is 0. The van der Waals surface area contributed by atoms with E-state index in [9.17, 15) is 14.4 Å². The van der Waals surface area contributed by atoms with Crippen molar-refractivity contribution < 1.29 is 14.4 Å². The number of hydrogen-bond donors (Lipinski definition) is 1. The van der Waals surface area contributed by atoms with Crippen molar-refractivity contribution in [1.29, 1.82) is 0 Å². The van der Waals surface area contributed by atoms with Gasteiger partial charge in [-0.1, -0.05) is 6.08 Å². The first-order valence-electron chi connectivity index (χ1n) is 5.30. The highest BCUT2D eigenvalue weighted by Gasteiger charge is 2.17. The van der Waals surface area contributed by atoms with Gasteiger partial charge in [-0.3, -0.25) is 10.0 Å². The summed E-state index contributed by atoms with van der Waals surface area (Å²) < 4.78 is 13.3. The maximum Gasteiger partial charge on any atom is 0.243 e. The average molecular weight is 246 g/mol. The molecule has 0 fully saturated rings. The van der Waals surface area contributed by atoms with Crippen LogP contribution in [0.2, 0.25) is 0 Å². The van der Waals surface area contributed by atoms with Gasteiger partial charge < -0.3 is 0 Å². The van der Waals surface area contributed by atoms with Crippen LogP contribution in [0.5, 0.6) is 0 Å². The van der Waals surface area contributed by atoms with E-state index in [2.05, 4.69) is 4.99 Å². The third-order valence-electron chi connectivity index (χ3n) is 2.35. The first kappa shape index (κ1) is 12.2. The van der Waals surface area contributed by atoms with E-state index in [-0.39, 0.29) is 5.91 Å². The van der Waals surface area contributed by atoms with Crippen LogP contribution in [0.15, 0.2) is 64.7 Å². The minimum atomic E-state index is -0.462. The number of carbonyl (C=O) groups excluding carboxylic acids is 1. The van der Waals surface area contributed by atoms with Crippen LogP contribution >= 0.6 is 0 Å². The molecule has 0 bridgehead atoms. The van der Waals surface area contributed by atoms with Gasteiger partial charge in [0.15, 0.2) is 0 Å². The predicted molar refractivity (Wildman–Crippen MR) is 65.4 cm³/mol. The third-order valence-corrected chi connectivity index (χ3v) is 2.35. The van der Waals surface area contributed by atoms with Crippen LogP contribution in [0.4, 0.5) is 4.39 Å². The minimum absolute atomic E-state index is 0.318. The molecule has 0 unspecified atom stereocenters. The van der Waals surface area contributed by atoms with Crippen molar-refractivity contribution in [2.45, 2.75) is 6.92 Å². The lowest BCUT2D eigenvalue weighted by Crippen LogP contribution is -2.17. The molecule has 0 saturated heterocycles. The fourth-order valence-electron chi connectivity index (χ4n) is 1.63. The van der Waals surface area contributed by atoms with E-state index in [1.54, 1.807) is 18.2 Å². The van der Waals surface area contributed by atoms with Crippen molar-refractivity contribution in [3.8, 4) is 0 Å². The predicted octanol–water partition coefficient (Wildman–Crippen LogP) is 2.43. The van der Waals surface area contributed by atoms with Crippen molar-refractivity contribution in [2.24, 2.45) is 4.99 Å². The Kier molecular flexibility index (Phi) is 3.34. The maximum atomic E-state index is 13.3. The topological polar surface area (TPSA) is 52.9 Å². The third kappa shape index (κ3) is 2.52. The molecule has 4 nitrogen and oxygen atoms in total. The lowest BCUT2D eigenvalue weighted by Gasteiger charge is -2.20. The first-order valence-corrected chi connectivity index (χ1v) is 5.30. The van der Waals surface area contributed by atoms with Crippen LogP contribution in [0, 0.1) is 0 Å². The van der Waals surface area contributed by atoms with Gasteiger partial charge in [0, 0.05) is 18.7 Å². The number of nitrogens with zero attached hydrogens (tertiary/aromatic N) is 2. The molecule has 0 aromatic rings. The molecule has 1 aliphatic heterocycles. The van der Waals surface area contributed by atoms with Crippen molar-refractivity contribution in [2.75, 3.05) is 0 Å². The van der Waals surface area contributed by atoms with E-state index in [0.29, 0.717) is 17.0 Å². The second kappa shape index (κ2) is 4.93. The van der Waals surface area contributed by atoms with E-state index >= 15 is 0 Å². The SMILES string of the molecule is CC(=O)N=C1C=CC(F)=C/C1=C1\C=CC=CN1O. The van der Waals surface area contributed by atoms with Crippen LogP contribution in [-0.4, -0.2) is 21.9 Å². The average Bonchev–Trinajstić information content (AvgIpc) is 2.32. The number of allylic oxidation sites excluding steroid dienone is 8.